The Morgan fingerprint density at radius 3 is 2.61 bits per heavy atom. The van der Waals surface area contributed by atoms with E-state index in [-0.39, 0.29) is 11.6 Å². The Hall–Kier alpha value is -2.82. The molecule has 3 nitrogen and oxygen atoms in total. The number of H-pyrrole nitrogens is 1. The average molecular weight is 309 g/mol. The van der Waals surface area contributed by atoms with Gasteiger partial charge >= 0.3 is 0 Å². The summed E-state index contributed by atoms with van der Waals surface area (Å²) in [5.41, 5.74) is 3.18. The highest BCUT2D eigenvalue weighted by Gasteiger charge is 2.11. The average Bonchev–Trinajstić information content (AvgIpc) is 2.94. The Morgan fingerprint density at radius 1 is 0.957 bits per heavy atom. The van der Waals surface area contributed by atoms with Crippen LogP contribution in [0, 0.1) is 11.6 Å². The summed E-state index contributed by atoms with van der Waals surface area (Å²) in [5.74, 6) is -0.697. The zero-order valence-corrected chi connectivity index (χ0v) is 12.4. The molecule has 3 heterocycles. The van der Waals surface area contributed by atoms with Crippen LogP contribution in [0.5, 0.6) is 0 Å². The van der Waals surface area contributed by atoms with Crippen molar-refractivity contribution >= 4 is 21.8 Å². The molecule has 23 heavy (non-hydrogen) atoms. The van der Waals surface area contributed by atoms with E-state index < -0.39 is 0 Å². The van der Waals surface area contributed by atoms with E-state index in [2.05, 4.69) is 15.0 Å². The zero-order valence-electron chi connectivity index (χ0n) is 12.4. The molecular formula is C18H13F2N3. The molecule has 114 valence electrons. The van der Waals surface area contributed by atoms with Gasteiger partial charge in [0.1, 0.15) is 5.82 Å². The highest BCUT2D eigenvalue weighted by Crippen LogP contribution is 2.30. The predicted octanol–water partition coefficient (Wildman–Crippen LogP) is 4.62. The fourth-order valence-electron chi connectivity index (χ4n) is 2.85. The molecule has 0 atom stereocenters. The number of benzene rings is 1. The zero-order chi connectivity index (χ0) is 16.0. The standard InChI is InChI=1S/C18H13F2N3/c1-2-16-14(19)5-11(7-22-16)10-3-4-12-13-8-21-9-15(20)18(13)23-17(12)6-10/h3-9,23H,2H2,1H3. The van der Waals surface area contributed by atoms with Crippen LogP contribution in [-0.4, -0.2) is 15.0 Å². The molecule has 0 bridgehead atoms. The van der Waals surface area contributed by atoms with Crippen LogP contribution >= 0.6 is 0 Å². The second kappa shape index (κ2) is 5.12. The largest absolute Gasteiger partial charge is 0.352 e. The lowest BCUT2D eigenvalue weighted by Crippen LogP contribution is -1.93. The van der Waals surface area contributed by atoms with Crippen molar-refractivity contribution in [2.24, 2.45) is 0 Å². The molecule has 3 aromatic heterocycles. The molecule has 0 radical (unpaired) electrons. The lowest BCUT2D eigenvalue weighted by Gasteiger charge is -2.04. The lowest BCUT2D eigenvalue weighted by atomic mass is 10.0. The van der Waals surface area contributed by atoms with Crippen LogP contribution in [0.2, 0.25) is 0 Å². The summed E-state index contributed by atoms with van der Waals surface area (Å²) in [7, 11) is 0. The van der Waals surface area contributed by atoms with Gasteiger partial charge in [-0.25, -0.2) is 8.78 Å². The van der Waals surface area contributed by atoms with Crippen molar-refractivity contribution in [2.45, 2.75) is 13.3 Å². The third kappa shape index (κ3) is 2.16. The number of hydrogen-bond donors (Lipinski definition) is 1. The van der Waals surface area contributed by atoms with Crippen LogP contribution in [0.3, 0.4) is 0 Å². The maximum absolute atomic E-state index is 13.9. The Balaban J connectivity index is 1.90. The summed E-state index contributed by atoms with van der Waals surface area (Å²) in [6, 6.07) is 7.12. The van der Waals surface area contributed by atoms with Crippen LogP contribution < -0.4 is 0 Å². The summed E-state index contributed by atoms with van der Waals surface area (Å²) >= 11 is 0. The number of fused-ring (bicyclic) bond motifs is 3. The number of halogens is 2. The van der Waals surface area contributed by atoms with Crippen molar-refractivity contribution in [3.63, 3.8) is 0 Å². The number of hydrogen-bond acceptors (Lipinski definition) is 2. The minimum absolute atomic E-state index is 0.308. The molecule has 1 aromatic carbocycles. The van der Waals surface area contributed by atoms with Gasteiger partial charge in [0, 0.05) is 34.2 Å². The van der Waals surface area contributed by atoms with Gasteiger partial charge < -0.3 is 4.98 Å². The number of nitrogens with one attached hydrogen (secondary N) is 1. The normalized spacial score (nSPS) is 11.4. The first kappa shape index (κ1) is 13.8. The number of aromatic nitrogens is 3. The Bertz CT molecular complexity index is 1040. The van der Waals surface area contributed by atoms with Gasteiger partial charge in [-0.05, 0) is 24.1 Å². The molecule has 0 unspecified atom stereocenters. The van der Waals surface area contributed by atoms with Gasteiger partial charge in [0.25, 0.3) is 0 Å². The molecule has 0 amide bonds. The maximum atomic E-state index is 13.9. The summed E-state index contributed by atoms with van der Waals surface area (Å²) < 4.78 is 27.8. The van der Waals surface area contributed by atoms with Gasteiger partial charge in [-0.2, -0.15) is 0 Å². The summed E-state index contributed by atoms with van der Waals surface area (Å²) in [6.07, 6.45) is 5.03. The van der Waals surface area contributed by atoms with E-state index >= 15 is 0 Å². The molecule has 4 aromatic rings. The van der Waals surface area contributed by atoms with Gasteiger partial charge in [0.2, 0.25) is 0 Å². The molecule has 0 spiro atoms. The van der Waals surface area contributed by atoms with Gasteiger partial charge in [-0.1, -0.05) is 19.1 Å². The quantitative estimate of drug-likeness (QED) is 0.587. The third-order valence-electron chi connectivity index (χ3n) is 4.05. The van der Waals surface area contributed by atoms with Crippen LogP contribution in [-0.2, 0) is 6.42 Å². The highest BCUT2D eigenvalue weighted by molar-refractivity contribution is 6.07. The topological polar surface area (TPSA) is 41.6 Å². The predicted molar refractivity (Wildman–Crippen MR) is 86.1 cm³/mol. The van der Waals surface area contributed by atoms with E-state index in [0.717, 1.165) is 21.9 Å². The minimum atomic E-state index is -0.389. The second-order valence-corrected chi connectivity index (χ2v) is 5.44. The summed E-state index contributed by atoms with van der Waals surface area (Å²) in [6.45, 7) is 1.87. The molecule has 0 aliphatic carbocycles. The fourth-order valence-corrected chi connectivity index (χ4v) is 2.85. The minimum Gasteiger partial charge on any atom is -0.352 e. The van der Waals surface area contributed by atoms with E-state index in [0.29, 0.717) is 23.2 Å². The third-order valence-corrected chi connectivity index (χ3v) is 4.05. The van der Waals surface area contributed by atoms with Crippen molar-refractivity contribution < 1.29 is 8.78 Å². The lowest BCUT2D eigenvalue weighted by molar-refractivity contribution is 0.602. The molecule has 0 saturated heterocycles. The number of nitrogens with zero attached hydrogens (tertiary/aromatic N) is 2. The van der Waals surface area contributed by atoms with Gasteiger partial charge in [0.05, 0.1) is 17.4 Å². The Kier molecular flexibility index (Phi) is 3.08. The Labute approximate surface area is 131 Å². The Morgan fingerprint density at radius 2 is 1.83 bits per heavy atom. The molecule has 0 fully saturated rings. The second-order valence-electron chi connectivity index (χ2n) is 5.44. The van der Waals surface area contributed by atoms with E-state index in [9.17, 15) is 8.78 Å². The van der Waals surface area contributed by atoms with Crippen molar-refractivity contribution in [1.29, 1.82) is 0 Å². The molecule has 0 aliphatic rings. The molecule has 4 rings (SSSR count). The van der Waals surface area contributed by atoms with Crippen LogP contribution in [0.15, 0.2) is 42.9 Å². The van der Waals surface area contributed by atoms with Gasteiger partial charge in [0.15, 0.2) is 5.82 Å². The van der Waals surface area contributed by atoms with Crippen LogP contribution in [0.25, 0.3) is 32.9 Å². The van der Waals surface area contributed by atoms with E-state index in [1.165, 1.54) is 12.3 Å². The number of pyridine rings is 2. The fraction of sp³-hybridized carbons (Fsp3) is 0.111. The van der Waals surface area contributed by atoms with E-state index in [4.69, 9.17) is 0 Å². The van der Waals surface area contributed by atoms with Crippen molar-refractivity contribution in [3.8, 4) is 11.1 Å². The van der Waals surface area contributed by atoms with Crippen LogP contribution in [0.4, 0.5) is 8.78 Å². The molecule has 1 N–H and O–H groups in total. The maximum Gasteiger partial charge on any atom is 0.165 e. The number of aromatic amines is 1. The molecule has 0 aliphatic heterocycles. The van der Waals surface area contributed by atoms with Crippen molar-refractivity contribution in [2.75, 3.05) is 0 Å². The highest BCUT2D eigenvalue weighted by atomic mass is 19.1. The van der Waals surface area contributed by atoms with Gasteiger partial charge in [-0.15, -0.1) is 0 Å². The van der Waals surface area contributed by atoms with Crippen molar-refractivity contribution in [3.05, 3.63) is 60.2 Å². The van der Waals surface area contributed by atoms with Crippen LogP contribution in [0.1, 0.15) is 12.6 Å². The number of aryl methyl sites for hydroxylation is 1. The monoisotopic (exact) mass is 309 g/mol. The SMILES string of the molecule is CCc1ncc(-c2ccc3c(c2)[nH]c2c(F)cncc23)cc1F. The van der Waals surface area contributed by atoms with Crippen molar-refractivity contribution in [1.82, 2.24) is 15.0 Å². The first-order valence-corrected chi connectivity index (χ1v) is 7.37. The summed E-state index contributed by atoms with van der Waals surface area (Å²) in [4.78, 5) is 11.1. The number of rotatable bonds is 2. The van der Waals surface area contributed by atoms with E-state index in [1.54, 1.807) is 12.4 Å². The first-order valence-electron chi connectivity index (χ1n) is 7.37. The molecular weight excluding hydrogens is 296 g/mol. The van der Waals surface area contributed by atoms with E-state index in [1.807, 2.05) is 25.1 Å². The molecule has 5 heteroatoms. The first-order chi connectivity index (χ1) is 11.2. The smallest absolute Gasteiger partial charge is 0.165 e. The summed E-state index contributed by atoms with van der Waals surface area (Å²) in [5, 5.41) is 1.62. The van der Waals surface area contributed by atoms with Gasteiger partial charge in [-0.3, -0.25) is 9.97 Å². The molecule has 0 saturated carbocycles.